The second-order valence-electron chi connectivity index (χ2n) is 6.17. The average Bonchev–Trinajstić information content (AvgIpc) is 2.93. The second-order valence-corrected chi connectivity index (χ2v) is 6.17. The van der Waals surface area contributed by atoms with Gasteiger partial charge in [-0.2, -0.15) is 0 Å². The van der Waals surface area contributed by atoms with Crippen LogP contribution in [0.5, 0.6) is 0 Å². The van der Waals surface area contributed by atoms with Crippen LogP contribution in [0, 0.1) is 5.92 Å². The molecule has 2 heterocycles. The molecule has 3 nitrogen and oxygen atoms in total. The molecule has 3 rings (SSSR count). The minimum Gasteiger partial charge on any atom is -0.356 e. The maximum absolute atomic E-state index is 4.95. The zero-order valence-corrected chi connectivity index (χ0v) is 13.1. The SMILES string of the molecule is CCCNCc1cc2ccccc2c(N2CCC(C)C2)n1. The molecule has 0 aliphatic carbocycles. The van der Waals surface area contributed by atoms with Crippen LogP contribution < -0.4 is 10.2 Å². The standard InChI is InChI=1S/C18H25N3/c1-3-9-19-12-16-11-15-6-4-5-7-17(15)18(20-16)21-10-8-14(2)13-21/h4-7,11,14,19H,3,8-10,12-13H2,1-2H3. The molecule has 0 radical (unpaired) electrons. The number of aromatic nitrogens is 1. The van der Waals surface area contributed by atoms with Crippen molar-refractivity contribution in [3.05, 3.63) is 36.0 Å². The highest BCUT2D eigenvalue weighted by Crippen LogP contribution is 2.29. The number of nitrogens with zero attached hydrogens (tertiary/aromatic N) is 2. The molecule has 1 fully saturated rings. The maximum Gasteiger partial charge on any atom is 0.136 e. The van der Waals surface area contributed by atoms with E-state index >= 15 is 0 Å². The molecule has 112 valence electrons. The number of nitrogens with one attached hydrogen (secondary N) is 1. The second kappa shape index (κ2) is 6.44. The lowest BCUT2D eigenvalue weighted by atomic mass is 10.1. The van der Waals surface area contributed by atoms with Gasteiger partial charge in [-0.25, -0.2) is 4.98 Å². The molecule has 21 heavy (non-hydrogen) atoms. The molecule has 1 atom stereocenters. The van der Waals surface area contributed by atoms with Crippen molar-refractivity contribution in [1.82, 2.24) is 10.3 Å². The number of anilines is 1. The molecular weight excluding hydrogens is 258 g/mol. The molecule has 0 saturated carbocycles. The fraction of sp³-hybridized carbons (Fsp3) is 0.500. The van der Waals surface area contributed by atoms with Crippen molar-refractivity contribution >= 4 is 16.6 Å². The first kappa shape index (κ1) is 14.3. The Morgan fingerprint density at radius 3 is 2.95 bits per heavy atom. The molecule has 1 saturated heterocycles. The van der Waals surface area contributed by atoms with Crippen molar-refractivity contribution in [3.8, 4) is 0 Å². The lowest BCUT2D eigenvalue weighted by Gasteiger charge is -2.20. The summed E-state index contributed by atoms with van der Waals surface area (Å²) in [4.78, 5) is 7.41. The summed E-state index contributed by atoms with van der Waals surface area (Å²) >= 11 is 0. The number of pyridine rings is 1. The fourth-order valence-corrected chi connectivity index (χ4v) is 3.09. The Kier molecular flexibility index (Phi) is 4.39. The zero-order valence-electron chi connectivity index (χ0n) is 13.1. The molecule has 1 unspecified atom stereocenters. The molecule has 2 aromatic rings. The van der Waals surface area contributed by atoms with Crippen molar-refractivity contribution in [1.29, 1.82) is 0 Å². The molecule has 1 aliphatic rings. The summed E-state index contributed by atoms with van der Waals surface area (Å²) < 4.78 is 0. The Morgan fingerprint density at radius 2 is 2.19 bits per heavy atom. The molecule has 1 aliphatic heterocycles. The first-order valence-electron chi connectivity index (χ1n) is 8.12. The van der Waals surface area contributed by atoms with E-state index in [1.54, 1.807) is 0 Å². The zero-order chi connectivity index (χ0) is 14.7. The first-order chi connectivity index (χ1) is 10.3. The van der Waals surface area contributed by atoms with Crippen LogP contribution in [0.15, 0.2) is 30.3 Å². The van der Waals surface area contributed by atoms with Gasteiger partial charge >= 0.3 is 0 Å². The van der Waals surface area contributed by atoms with Crippen molar-refractivity contribution in [3.63, 3.8) is 0 Å². The van der Waals surface area contributed by atoms with E-state index in [9.17, 15) is 0 Å². The van der Waals surface area contributed by atoms with Crippen molar-refractivity contribution in [2.75, 3.05) is 24.5 Å². The van der Waals surface area contributed by atoms with Gasteiger partial charge in [-0.1, -0.05) is 38.1 Å². The highest BCUT2D eigenvalue weighted by Gasteiger charge is 2.21. The Balaban J connectivity index is 1.95. The molecule has 1 aromatic carbocycles. The third-order valence-corrected chi connectivity index (χ3v) is 4.23. The van der Waals surface area contributed by atoms with Crippen LogP contribution in [-0.2, 0) is 6.54 Å². The Hall–Kier alpha value is -1.61. The van der Waals surface area contributed by atoms with Gasteiger partial charge in [-0.05, 0) is 36.8 Å². The Morgan fingerprint density at radius 1 is 1.33 bits per heavy atom. The minimum absolute atomic E-state index is 0.771. The van der Waals surface area contributed by atoms with Gasteiger partial charge < -0.3 is 10.2 Å². The predicted octanol–water partition coefficient (Wildman–Crippen LogP) is 3.58. The summed E-state index contributed by atoms with van der Waals surface area (Å²) in [6.45, 7) is 8.68. The Labute approximate surface area is 127 Å². The molecule has 1 N–H and O–H groups in total. The summed E-state index contributed by atoms with van der Waals surface area (Å²) in [6.07, 6.45) is 2.43. The van der Waals surface area contributed by atoms with Crippen LogP contribution in [0.25, 0.3) is 10.8 Å². The quantitative estimate of drug-likeness (QED) is 0.850. The van der Waals surface area contributed by atoms with E-state index in [0.717, 1.165) is 44.2 Å². The van der Waals surface area contributed by atoms with E-state index in [1.807, 2.05) is 0 Å². The average molecular weight is 283 g/mol. The normalized spacial score (nSPS) is 18.6. The van der Waals surface area contributed by atoms with Crippen molar-refractivity contribution in [2.24, 2.45) is 5.92 Å². The van der Waals surface area contributed by atoms with Gasteiger partial charge in [0, 0.05) is 25.0 Å². The molecule has 1 aromatic heterocycles. The fourth-order valence-electron chi connectivity index (χ4n) is 3.09. The van der Waals surface area contributed by atoms with E-state index in [-0.39, 0.29) is 0 Å². The van der Waals surface area contributed by atoms with Gasteiger partial charge in [-0.15, -0.1) is 0 Å². The van der Waals surface area contributed by atoms with Crippen LogP contribution in [0.3, 0.4) is 0 Å². The summed E-state index contributed by atoms with van der Waals surface area (Å²) in [5, 5.41) is 6.05. The van der Waals surface area contributed by atoms with Gasteiger partial charge in [0.05, 0.1) is 5.69 Å². The van der Waals surface area contributed by atoms with Crippen molar-refractivity contribution in [2.45, 2.75) is 33.2 Å². The molecule has 0 spiro atoms. The highest BCUT2D eigenvalue weighted by atomic mass is 15.2. The van der Waals surface area contributed by atoms with E-state index in [1.165, 1.54) is 23.0 Å². The molecule has 3 heteroatoms. The van der Waals surface area contributed by atoms with Crippen LogP contribution in [0.2, 0.25) is 0 Å². The van der Waals surface area contributed by atoms with E-state index in [4.69, 9.17) is 4.98 Å². The summed E-state index contributed by atoms with van der Waals surface area (Å²) in [7, 11) is 0. The summed E-state index contributed by atoms with van der Waals surface area (Å²) in [5.74, 6) is 1.94. The number of hydrogen-bond acceptors (Lipinski definition) is 3. The summed E-state index contributed by atoms with van der Waals surface area (Å²) in [5.41, 5.74) is 1.15. The number of rotatable bonds is 5. The minimum atomic E-state index is 0.771. The molecule has 0 amide bonds. The molecule has 0 bridgehead atoms. The van der Waals surface area contributed by atoms with Gasteiger partial charge in [-0.3, -0.25) is 0 Å². The predicted molar refractivity (Wildman–Crippen MR) is 89.7 cm³/mol. The molecular formula is C18H25N3. The van der Waals surface area contributed by atoms with Crippen LogP contribution in [0.1, 0.15) is 32.4 Å². The van der Waals surface area contributed by atoms with Gasteiger partial charge in [0.25, 0.3) is 0 Å². The van der Waals surface area contributed by atoms with Crippen molar-refractivity contribution < 1.29 is 0 Å². The highest BCUT2D eigenvalue weighted by molar-refractivity contribution is 5.92. The van der Waals surface area contributed by atoms with E-state index in [2.05, 4.69) is 54.4 Å². The Bertz CT molecular complexity index is 608. The lowest BCUT2D eigenvalue weighted by Crippen LogP contribution is -2.22. The van der Waals surface area contributed by atoms with Gasteiger partial charge in [0.2, 0.25) is 0 Å². The smallest absolute Gasteiger partial charge is 0.136 e. The number of hydrogen-bond donors (Lipinski definition) is 1. The van der Waals surface area contributed by atoms with E-state index in [0.29, 0.717) is 0 Å². The van der Waals surface area contributed by atoms with E-state index < -0.39 is 0 Å². The maximum atomic E-state index is 4.95. The number of benzene rings is 1. The van der Waals surface area contributed by atoms with Gasteiger partial charge in [0.15, 0.2) is 0 Å². The summed E-state index contributed by atoms with van der Waals surface area (Å²) in [6, 6.07) is 10.8. The van der Waals surface area contributed by atoms with Gasteiger partial charge in [0.1, 0.15) is 5.82 Å². The van der Waals surface area contributed by atoms with Crippen LogP contribution in [-0.4, -0.2) is 24.6 Å². The lowest BCUT2D eigenvalue weighted by molar-refractivity contribution is 0.656. The number of fused-ring (bicyclic) bond motifs is 1. The third-order valence-electron chi connectivity index (χ3n) is 4.23. The van der Waals surface area contributed by atoms with Crippen LogP contribution in [0.4, 0.5) is 5.82 Å². The monoisotopic (exact) mass is 283 g/mol. The topological polar surface area (TPSA) is 28.2 Å². The largest absolute Gasteiger partial charge is 0.356 e. The van der Waals surface area contributed by atoms with Crippen LogP contribution >= 0.6 is 0 Å². The third kappa shape index (κ3) is 3.18. The first-order valence-corrected chi connectivity index (χ1v) is 8.12.